The maximum absolute atomic E-state index is 5.57. The number of nitrogens with two attached hydrogens (primary N) is 1. The molecule has 0 saturated heterocycles. The van der Waals surface area contributed by atoms with Crippen molar-refractivity contribution in [3.63, 3.8) is 0 Å². The van der Waals surface area contributed by atoms with Crippen molar-refractivity contribution in [1.82, 2.24) is 9.97 Å². The van der Waals surface area contributed by atoms with Gasteiger partial charge in [0.1, 0.15) is 5.82 Å². The third kappa shape index (κ3) is 4.62. The monoisotopic (exact) mass is 225 g/mol. The Morgan fingerprint density at radius 3 is 2.73 bits per heavy atom. The molecular weight excluding hydrogens is 206 g/mol. The van der Waals surface area contributed by atoms with Gasteiger partial charge in [0.05, 0.1) is 11.4 Å². The highest BCUT2D eigenvalue weighted by Crippen LogP contribution is 2.13. The number of hydrogen-bond donors (Lipinski definition) is 1. The lowest BCUT2D eigenvalue weighted by molar-refractivity contribution is 0.749. The zero-order valence-corrected chi connectivity index (χ0v) is 10.5. The minimum absolute atomic E-state index is 0.491. The molecule has 15 heavy (non-hydrogen) atoms. The van der Waals surface area contributed by atoms with Crippen LogP contribution in [0.4, 0.5) is 0 Å². The van der Waals surface area contributed by atoms with Crippen LogP contribution in [-0.2, 0) is 12.3 Å². The second-order valence-corrected chi connectivity index (χ2v) is 5.06. The molecule has 0 fully saturated rings. The van der Waals surface area contributed by atoms with Gasteiger partial charge in [0.15, 0.2) is 0 Å². The summed E-state index contributed by atoms with van der Waals surface area (Å²) in [7, 11) is 0. The molecule has 0 atom stereocenters. The third-order valence-corrected chi connectivity index (χ3v) is 3.21. The molecule has 0 bridgehead atoms. The normalized spacial score (nSPS) is 11.0. The third-order valence-electron chi connectivity index (χ3n) is 1.85. The lowest BCUT2D eigenvalue weighted by Gasteiger charge is -2.06. The zero-order chi connectivity index (χ0) is 11.3. The number of rotatable bonds is 5. The highest BCUT2D eigenvalue weighted by atomic mass is 32.2. The van der Waals surface area contributed by atoms with Gasteiger partial charge in [0.25, 0.3) is 0 Å². The Kier molecular flexibility index (Phi) is 5.05. The Morgan fingerprint density at radius 2 is 2.13 bits per heavy atom. The summed E-state index contributed by atoms with van der Waals surface area (Å²) in [6.45, 7) is 6.91. The van der Waals surface area contributed by atoms with E-state index in [1.165, 1.54) is 0 Å². The predicted molar refractivity (Wildman–Crippen MR) is 65.7 cm³/mol. The van der Waals surface area contributed by atoms with E-state index in [2.05, 4.69) is 23.8 Å². The van der Waals surface area contributed by atoms with Crippen LogP contribution < -0.4 is 5.73 Å². The number of aryl methyl sites for hydroxylation is 1. The molecule has 0 aromatic carbocycles. The average Bonchev–Trinajstić information content (AvgIpc) is 2.16. The quantitative estimate of drug-likeness (QED) is 0.834. The van der Waals surface area contributed by atoms with Crippen molar-refractivity contribution in [2.45, 2.75) is 33.1 Å². The maximum Gasteiger partial charge on any atom is 0.138 e. The molecule has 0 radical (unpaired) electrons. The Balaban J connectivity index is 2.56. The first-order valence-electron chi connectivity index (χ1n) is 5.23. The molecule has 1 rings (SSSR count). The van der Waals surface area contributed by atoms with E-state index >= 15 is 0 Å². The van der Waals surface area contributed by atoms with E-state index in [1.54, 1.807) is 0 Å². The highest BCUT2D eigenvalue weighted by molar-refractivity contribution is 7.98. The molecule has 0 aliphatic heterocycles. The Morgan fingerprint density at radius 1 is 1.40 bits per heavy atom. The highest BCUT2D eigenvalue weighted by Gasteiger charge is 2.02. The minimum Gasteiger partial charge on any atom is -0.325 e. The van der Waals surface area contributed by atoms with Crippen LogP contribution in [0.3, 0.4) is 0 Å². The van der Waals surface area contributed by atoms with Gasteiger partial charge in [-0.3, -0.25) is 0 Å². The van der Waals surface area contributed by atoms with Gasteiger partial charge in [-0.15, -0.1) is 0 Å². The van der Waals surface area contributed by atoms with Crippen molar-refractivity contribution >= 4 is 11.8 Å². The largest absolute Gasteiger partial charge is 0.325 e. The summed E-state index contributed by atoms with van der Waals surface area (Å²) < 4.78 is 0. The summed E-state index contributed by atoms with van der Waals surface area (Å²) in [5.41, 5.74) is 7.51. The molecule has 1 aromatic rings. The van der Waals surface area contributed by atoms with E-state index in [0.29, 0.717) is 12.5 Å². The second kappa shape index (κ2) is 6.08. The Labute approximate surface area is 95.9 Å². The summed E-state index contributed by atoms with van der Waals surface area (Å²) in [6, 6.07) is 1.94. The fourth-order valence-corrected chi connectivity index (χ4v) is 2.16. The van der Waals surface area contributed by atoms with Crippen LogP contribution in [0.2, 0.25) is 0 Å². The first-order valence-corrected chi connectivity index (χ1v) is 6.38. The Hall–Kier alpha value is -0.610. The van der Waals surface area contributed by atoms with Crippen molar-refractivity contribution in [2.75, 3.05) is 5.75 Å². The van der Waals surface area contributed by atoms with Crippen LogP contribution in [0, 0.1) is 12.8 Å². The van der Waals surface area contributed by atoms with Crippen LogP contribution >= 0.6 is 11.8 Å². The van der Waals surface area contributed by atoms with Crippen molar-refractivity contribution in [2.24, 2.45) is 11.7 Å². The molecule has 0 unspecified atom stereocenters. The molecule has 0 spiro atoms. The van der Waals surface area contributed by atoms with Crippen molar-refractivity contribution in [3.8, 4) is 0 Å². The number of aromatic nitrogens is 2. The molecule has 0 amide bonds. The number of hydrogen-bond acceptors (Lipinski definition) is 4. The minimum atomic E-state index is 0.491. The predicted octanol–water partition coefficient (Wildman–Crippen LogP) is 2.13. The van der Waals surface area contributed by atoms with Crippen molar-refractivity contribution in [1.29, 1.82) is 0 Å². The summed E-state index contributed by atoms with van der Waals surface area (Å²) in [6.07, 6.45) is 0. The lowest BCUT2D eigenvalue weighted by atomic mass is 10.3. The molecule has 0 aliphatic carbocycles. The lowest BCUT2D eigenvalue weighted by Crippen LogP contribution is -2.05. The summed E-state index contributed by atoms with van der Waals surface area (Å²) in [5, 5.41) is 0. The van der Waals surface area contributed by atoms with Gasteiger partial charge in [-0.2, -0.15) is 11.8 Å². The standard InChI is InChI=1S/C11H19N3S/c1-8(2)6-15-7-11-13-9(3)4-10(5-12)14-11/h4,8H,5-7,12H2,1-3H3. The first kappa shape index (κ1) is 12.5. The summed E-state index contributed by atoms with van der Waals surface area (Å²) >= 11 is 1.88. The number of nitrogens with zero attached hydrogens (tertiary/aromatic N) is 2. The smallest absolute Gasteiger partial charge is 0.138 e. The van der Waals surface area contributed by atoms with Crippen LogP contribution in [0.25, 0.3) is 0 Å². The zero-order valence-electron chi connectivity index (χ0n) is 9.66. The van der Waals surface area contributed by atoms with Gasteiger partial charge in [-0.25, -0.2) is 9.97 Å². The number of thioether (sulfide) groups is 1. The van der Waals surface area contributed by atoms with Gasteiger partial charge in [-0.05, 0) is 24.7 Å². The van der Waals surface area contributed by atoms with Crippen molar-refractivity contribution < 1.29 is 0 Å². The average molecular weight is 225 g/mol. The van der Waals surface area contributed by atoms with Crippen molar-refractivity contribution in [3.05, 3.63) is 23.3 Å². The van der Waals surface area contributed by atoms with Crippen LogP contribution in [0.1, 0.15) is 31.1 Å². The van der Waals surface area contributed by atoms with Gasteiger partial charge in [0.2, 0.25) is 0 Å². The molecule has 3 nitrogen and oxygen atoms in total. The van der Waals surface area contributed by atoms with Crippen LogP contribution in [0.15, 0.2) is 6.07 Å². The fourth-order valence-electron chi connectivity index (χ4n) is 1.26. The van der Waals surface area contributed by atoms with E-state index in [4.69, 9.17) is 5.73 Å². The van der Waals surface area contributed by atoms with E-state index in [1.807, 2.05) is 24.8 Å². The van der Waals surface area contributed by atoms with Gasteiger partial charge in [0, 0.05) is 12.2 Å². The second-order valence-electron chi connectivity index (χ2n) is 4.03. The van der Waals surface area contributed by atoms with Crippen LogP contribution in [-0.4, -0.2) is 15.7 Å². The molecular formula is C11H19N3S. The summed E-state index contributed by atoms with van der Waals surface area (Å²) in [4.78, 5) is 8.78. The summed E-state index contributed by atoms with van der Waals surface area (Å²) in [5.74, 6) is 3.65. The molecule has 0 saturated carbocycles. The maximum atomic E-state index is 5.57. The van der Waals surface area contributed by atoms with Crippen LogP contribution in [0.5, 0.6) is 0 Å². The van der Waals surface area contributed by atoms with E-state index in [-0.39, 0.29) is 0 Å². The molecule has 0 aliphatic rings. The fraction of sp³-hybridized carbons (Fsp3) is 0.636. The van der Waals surface area contributed by atoms with Gasteiger partial charge in [-0.1, -0.05) is 13.8 Å². The van der Waals surface area contributed by atoms with E-state index in [0.717, 1.165) is 28.7 Å². The topological polar surface area (TPSA) is 51.8 Å². The molecule has 2 N–H and O–H groups in total. The van der Waals surface area contributed by atoms with E-state index < -0.39 is 0 Å². The molecule has 84 valence electrons. The molecule has 1 aromatic heterocycles. The van der Waals surface area contributed by atoms with E-state index in [9.17, 15) is 0 Å². The molecule has 1 heterocycles. The van der Waals surface area contributed by atoms with Gasteiger partial charge >= 0.3 is 0 Å². The molecule has 4 heteroatoms. The van der Waals surface area contributed by atoms with Gasteiger partial charge < -0.3 is 5.73 Å². The SMILES string of the molecule is Cc1cc(CN)nc(CSCC(C)C)n1. The first-order chi connectivity index (χ1) is 7.11. The Bertz CT molecular complexity index is 313.